The van der Waals surface area contributed by atoms with Crippen LogP contribution in [-0.4, -0.2) is 13.1 Å². The topological polar surface area (TPSA) is 12.0 Å². The van der Waals surface area contributed by atoms with Gasteiger partial charge in [0, 0.05) is 0 Å². The van der Waals surface area contributed by atoms with Crippen LogP contribution in [0.15, 0.2) is 60.7 Å². The SMILES string of the molecule is c1ccc(CCC2(CCc3ccccc3)CCNCC2)cc1. The summed E-state index contributed by atoms with van der Waals surface area (Å²) in [6, 6.07) is 21.9. The van der Waals surface area contributed by atoms with Crippen molar-refractivity contribution in [3.8, 4) is 0 Å². The van der Waals surface area contributed by atoms with Gasteiger partial charge in [-0.25, -0.2) is 0 Å². The maximum atomic E-state index is 3.54. The van der Waals surface area contributed by atoms with E-state index in [9.17, 15) is 0 Å². The molecule has 0 saturated carbocycles. The van der Waals surface area contributed by atoms with Crippen LogP contribution in [-0.2, 0) is 12.8 Å². The molecule has 1 saturated heterocycles. The molecule has 3 rings (SSSR count). The van der Waals surface area contributed by atoms with Crippen molar-refractivity contribution in [3.63, 3.8) is 0 Å². The zero-order valence-electron chi connectivity index (χ0n) is 13.4. The maximum absolute atomic E-state index is 3.54. The quantitative estimate of drug-likeness (QED) is 0.819. The minimum Gasteiger partial charge on any atom is -0.317 e. The average Bonchev–Trinajstić information content (AvgIpc) is 2.61. The second-order valence-corrected chi connectivity index (χ2v) is 6.72. The first-order valence-electron chi connectivity index (χ1n) is 8.65. The van der Waals surface area contributed by atoms with Crippen molar-refractivity contribution in [1.29, 1.82) is 0 Å². The van der Waals surface area contributed by atoms with Crippen molar-refractivity contribution in [2.75, 3.05) is 13.1 Å². The summed E-state index contributed by atoms with van der Waals surface area (Å²) in [5, 5.41) is 3.54. The van der Waals surface area contributed by atoms with Crippen molar-refractivity contribution in [2.45, 2.75) is 38.5 Å². The Balaban J connectivity index is 1.62. The van der Waals surface area contributed by atoms with E-state index >= 15 is 0 Å². The molecule has 1 heterocycles. The second-order valence-electron chi connectivity index (χ2n) is 6.72. The summed E-state index contributed by atoms with van der Waals surface area (Å²) in [7, 11) is 0. The smallest absolute Gasteiger partial charge is 0.00436 e. The van der Waals surface area contributed by atoms with Gasteiger partial charge in [-0.3, -0.25) is 0 Å². The van der Waals surface area contributed by atoms with Gasteiger partial charge in [-0.1, -0.05) is 60.7 Å². The Morgan fingerprint density at radius 3 is 1.59 bits per heavy atom. The summed E-state index contributed by atoms with van der Waals surface area (Å²) in [6.07, 6.45) is 7.74. The van der Waals surface area contributed by atoms with Crippen LogP contribution in [0.1, 0.15) is 36.8 Å². The number of rotatable bonds is 6. The van der Waals surface area contributed by atoms with Crippen LogP contribution < -0.4 is 5.32 Å². The zero-order chi connectivity index (χ0) is 15.1. The second kappa shape index (κ2) is 7.60. The lowest BCUT2D eigenvalue weighted by Gasteiger charge is -2.38. The largest absolute Gasteiger partial charge is 0.317 e. The van der Waals surface area contributed by atoms with Gasteiger partial charge in [0.1, 0.15) is 0 Å². The molecule has 116 valence electrons. The molecule has 1 fully saturated rings. The fourth-order valence-corrected chi connectivity index (χ4v) is 3.69. The molecule has 0 spiro atoms. The van der Waals surface area contributed by atoms with E-state index in [1.54, 1.807) is 0 Å². The minimum absolute atomic E-state index is 0.525. The molecule has 1 aliphatic heterocycles. The zero-order valence-corrected chi connectivity index (χ0v) is 13.4. The highest BCUT2D eigenvalue weighted by atomic mass is 14.9. The van der Waals surface area contributed by atoms with Gasteiger partial charge in [0.2, 0.25) is 0 Å². The molecule has 0 amide bonds. The van der Waals surface area contributed by atoms with Crippen molar-refractivity contribution >= 4 is 0 Å². The lowest BCUT2D eigenvalue weighted by atomic mass is 9.71. The average molecular weight is 293 g/mol. The maximum Gasteiger partial charge on any atom is -0.00436 e. The van der Waals surface area contributed by atoms with Gasteiger partial charge in [-0.15, -0.1) is 0 Å². The Morgan fingerprint density at radius 1 is 0.682 bits per heavy atom. The first kappa shape index (κ1) is 15.3. The molecule has 2 aromatic rings. The number of piperidine rings is 1. The number of hydrogen-bond acceptors (Lipinski definition) is 1. The molecule has 2 aromatic carbocycles. The Bertz CT molecular complexity index is 495. The monoisotopic (exact) mass is 293 g/mol. The summed E-state index contributed by atoms with van der Waals surface area (Å²) in [5.74, 6) is 0. The van der Waals surface area contributed by atoms with Gasteiger partial charge in [0.05, 0.1) is 0 Å². The number of nitrogens with one attached hydrogen (secondary N) is 1. The van der Waals surface area contributed by atoms with Crippen LogP contribution in [0.5, 0.6) is 0 Å². The summed E-state index contributed by atoms with van der Waals surface area (Å²) in [5.41, 5.74) is 3.50. The Morgan fingerprint density at radius 2 is 1.14 bits per heavy atom. The van der Waals surface area contributed by atoms with Gasteiger partial charge in [-0.05, 0) is 68.2 Å². The van der Waals surface area contributed by atoms with Crippen LogP contribution >= 0.6 is 0 Å². The molecule has 0 bridgehead atoms. The fourth-order valence-electron chi connectivity index (χ4n) is 3.69. The predicted octanol–water partition coefficient (Wildman–Crippen LogP) is 4.62. The fraction of sp³-hybridized carbons (Fsp3) is 0.429. The standard InChI is InChI=1S/C21H27N/c1-3-7-19(8-4-1)11-13-21(15-17-22-18-16-21)14-12-20-9-5-2-6-10-20/h1-10,22H,11-18H2. The number of benzene rings is 2. The van der Waals surface area contributed by atoms with E-state index in [0.717, 1.165) is 0 Å². The highest BCUT2D eigenvalue weighted by Gasteiger charge is 2.31. The molecule has 0 aromatic heterocycles. The minimum atomic E-state index is 0.525. The third kappa shape index (κ3) is 4.20. The normalized spacial score (nSPS) is 17.3. The van der Waals surface area contributed by atoms with Crippen molar-refractivity contribution in [3.05, 3.63) is 71.8 Å². The number of aryl methyl sites for hydroxylation is 2. The Hall–Kier alpha value is -1.60. The van der Waals surface area contributed by atoms with Crippen LogP contribution in [0.2, 0.25) is 0 Å². The first-order chi connectivity index (χ1) is 10.9. The van der Waals surface area contributed by atoms with Crippen LogP contribution in [0.3, 0.4) is 0 Å². The van der Waals surface area contributed by atoms with E-state index in [-0.39, 0.29) is 0 Å². The Labute approximate surface area is 134 Å². The van der Waals surface area contributed by atoms with Crippen LogP contribution in [0.25, 0.3) is 0 Å². The van der Waals surface area contributed by atoms with Gasteiger partial charge in [0.25, 0.3) is 0 Å². The molecule has 0 unspecified atom stereocenters. The Kier molecular flexibility index (Phi) is 5.29. The molecule has 0 radical (unpaired) electrons. The third-order valence-corrected chi connectivity index (χ3v) is 5.24. The predicted molar refractivity (Wildman–Crippen MR) is 94.1 cm³/mol. The summed E-state index contributed by atoms with van der Waals surface area (Å²) in [6.45, 7) is 2.37. The number of hydrogen-bond donors (Lipinski definition) is 1. The molecule has 1 heteroatoms. The lowest BCUT2D eigenvalue weighted by molar-refractivity contribution is 0.169. The molecule has 22 heavy (non-hydrogen) atoms. The van der Waals surface area contributed by atoms with E-state index in [0.29, 0.717) is 5.41 Å². The summed E-state index contributed by atoms with van der Waals surface area (Å²) in [4.78, 5) is 0. The summed E-state index contributed by atoms with van der Waals surface area (Å²) >= 11 is 0. The van der Waals surface area contributed by atoms with Crippen molar-refractivity contribution in [1.82, 2.24) is 5.32 Å². The van der Waals surface area contributed by atoms with E-state index in [4.69, 9.17) is 0 Å². The van der Waals surface area contributed by atoms with Gasteiger partial charge in [0.15, 0.2) is 0 Å². The van der Waals surface area contributed by atoms with Crippen LogP contribution in [0.4, 0.5) is 0 Å². The van der Waals surface area contributed by atoms with E-state index in [1.165, 1.54) is 62.7 Å². The van der Waals surface area contributed by atoms with Crippen LogP contribution in [0, 0.1) is 5.41 Å². The van der Waals surface area contributed by atoms with Crippen molar-refractivity contribution < 1.29 is 0 Å². The highest BCUT2D eigenvalue weighted by Crippen LogP contribution is 2.38. The summed E-state index contributed by atoms with van der Waals surface area (Å²) < 4.78 is 0. The van der Waals surface area contributed by atoms with E-state index < -0.39 is 0 Å². The highest BCUT2D eigenvalue weighted by molar-refractivity contribution is 5.16. The van der Waals surface area contributed by atoms with Gasteiger partial charge in [-0.2, -0.15) is 0 Å². The van der Waals surface area contributed by atoms with Gasteiger partial charge < -0.3 is 5.32 Å². The lowest BCUT2D eigenvalue weighted by Crippen LogP contribution is -2.37. The van der Waals surface area contributed by atoms with Crippen molar-refractivity contribution in [2.24, 2.45) is 5.41 Å². The molecular weight excluding hydrogens is 266 g/mol. The van der Waals surface area contributed by atoms with E-state index in [1.807, 2.05) is 0 Å². The molecule has 1 nitrogen and oxygen atoms in total. The van der Waals surface area contributed by atoms with Gasteiger partial charge >= 0.3 is 0 Å². The molecular formula is C21H27N. The molecule has 1 aliphatic rings. The molecule has 1 N–H and O–H groups in total. The third-order valence-electron chi connectivity index (χ3n) is 5.24. The molecule has 0 aliphatic carbocycles. The van der Waals surface area contributed by atoms with E-state index in [2.05, 4.69) is 66.0 Å². The first-order valence-corrected chi connectivity index (χ1v) is 8.65. The molecule has 0 atom stereocenters.